The van der Waals surface area contributed by atoms with Crippen LogP contribution in [-0.4, -0.2) is 19.1 Å². The van der Waals surface area contributed by atoms with Gasteiger partial charge in [0.05, 0.1) is 0 Å². The fourth-order valence-electron chi connectivity index (χ4n) is 1.54. The molecule has 1 aromatic heterocycles. The van der Waals surface area contributed by atoms with Crippen LogP contribution in [0, 0.1) is 5.82 Å². The molecule has 0 fully saturated rings. The van der Waals surface area contributed by atoms with E-state index in [2.05, 4.69) is 20.9 Å². The fraction of sp³-hybridized carbons (Fsp3) is 0.154. The highest BCUT2D eigenvalue weighted by atomic mass is 79.9. The molecule has 1 aromatic carbocycles. The Morgan fingerprint density at radius 2 is 1.82 bits per heavy atom. The van der Waals surface area contributed by atoms with Crippen LogP contribution in [0.1, 0.15) is 0 Å². The van der Waals surface area contributed by atoms with E-state index in [0.717, 1.165) is 11.3 Å². The monoisotopic (exact) mass is 294 g/mol. The number of pyridine rings is 1. The zero-order chi connectivity index (χ0) is 12.4. The molecule has 0 unspecified atom stereocenters. The quantitative estimate of drug-likeness (QED) is 0.839. The van der Waals surface area contributed by atoms with Gasteiger partial charge in [-0.05, 0) is 34.1 Å². The summed E-state index contributed by atoms with van der Waals surface area (Å²) < 4.78 is 14.3. The summed E-state index contributed by atoms with van der Waals surface area (Å²) in [7, 11) is 3.93. The molecular formula is C13H12BrFN2. The standard InChI is InChI=1S/C13H12BrFN2/c1-17(2)11-5-3-9(4-6-11)13-12(15)7-10(14)8-16-13/h3-8H,1-2H3. The second kappa shape index (κ2) is 4.84. The van der Waals surface area contributed by atoms with Gasteiger partial charge in [0.1, 0.15) is 5.69 Å². The zero-order valence-electron chi connectivity index (χ0n) is 9.61. The van der Waals surface area contributed by atoms with Gasteiger partial charge in [0.15, 0.2) is 5.82 Å². The molecule has 0 bridgehead atoms. The van der Waals surface area contributed by atoms with Gasteiger partial charge in [0.25, 0.3) is 0 Å². The molecule has 0 saturated heterocycles. The van der Waals surface area contributed by atoms with E-state index < -0.39 is 0 Å². The van der Waals surface area contributed by atoms with E-state index in [4.69, 9.17) is 0 Å². The van der Waals surface area contributed by atoms with Gasteiger partial charge in [-0.3, -0.25) is 4.98 Å². The number of hydrogen-bond donors (Lipinski definition) is 0. The van der Waals surface area contributed by atoms with E-state index in [1.807, 2.05) is 43.3 Å². The highest BCUT2D eigenvalue weighted by Crippen LogP contribution is 2.24. The molecule has 0 radical (unpaired) electrons. The van der Waals surface area contributed by atoms with E-state index in [-0.39, 0.29) is 5.82 Å². The predicted octanol–water partition coefficient (Wildman–Crippen LogP) is 3.72. The molecule has 0 aliphatic rings. The molecule has 2 aromatic rings. The van der Waals surface area contributed by atoms with Crippen molar-refractivity contribution < 1.29 is 4.39 Å². The molecular weight excluding hydrogens is 283 g/mol. The normalized spacial score (nSPS) is 10.4. The minimum absolute atomic E-state index is 0.322. The molecule has 17 heavy (non-hydrogen) atoms. The first-order valence-corrected chi connectivity index (χ1v) is 5.96. The lowest BCUT2D eigenvalue weighted by molar-refractivity contribution is 0.624. The van der Waals surface area contributed by atoms with Crippen LogP contribution in [-0.2, 0) is 0 Å². The van der Waals surface area contributed by atoms with Crippen LogP contribution in [0.4, 0.5) is 10.1 Å². The molecule has 2 nitrogen and oxygen atoms in total. The summed E-state index contributed by atoms with van der Waals surface area (Å²) in [6.45, 7) is 0. The van der Waals surface area contributed by atoms with Gasteiger partial charge in [0, 0.05) is 36.0 Å². The number of rotatable bonds is 2. The SMILES string of the molecule is CN(C)c1ccc(-c2ncc(Br)cc2F)cc1. The molecule has 0 spiro atoms. The van der Waals surface area contributed by atoms with Gasteiger partial charge >= 0.3 is 0 Å². The lowest BCUT2D eigenvalue weighted by atomic mass is 10.1. The molecule has 0 atom stereocenters. The topological polar surface area (TPSA) is 16.1 Å². The Labute approximate surface area is 108 Å². The summed E-state index contributed by atoms with van der Waals surface area (Å²) in [6.07, 6.45) is 1.60. The first-order valence-electron chi connectivity index (χ1n) is 5.17. The lowest BCUT2D eigenvalue weighted by Crippen LogP contribution is -2.08. The summed E-state index contributed by atoms with van der Waals surface area (Å²) in [4.78, 5) is 6.08. The minimum Gasteiger partial charge on any atom is -0.378 e. The maximum absolute atomic E-state index is 13.7. The number of benzene rings is 1. The second-order valence-electron chi connectivity index (χ2n) is 3.93. The van der Waals surface area contributed by atoms with Crippen LogP contribution in [0.2, 0.25) is 0 Å². The number of nitrogens with zero attached hydrogens (tertiary/aromatic N) is 2. The van der Waals surface area contributed by atoms with Crippen LogP contribution in [0.25, 0.3) is 11.3 Å². The summed E-state index contributed by atoms with van der Waals surface area (Å²) in [6, 6.07) is 9.04. The van der Waals surface area contributed by atoms with Crippen molar-refractivity contribution in [2.24, 2.45) is 0 Å². The third-order valence-electron chi connectivity index (χ3n) is 2.46. The van der Waals surface area contributed by atoms with Gasteiger partial charge in [-0.25, -0.2) is 4.39 Å². The molecule has 88 valence electrons. The number of anilines is 1. The Kier molecular flexibility index (Phi) is 3.43. The van der Waals surface area contributed by atoms with Crippen molar-refractivity contribution in [3.8, 4) is 11.3 Å². The van der Waals surface area contributed by atoms with E-state index >= 15 is 0 Å². The average Bonchev–Trinajstić information content (AvgIpc) is 2.29. The van der Waals surface area contributed by atoms with Crippen molar-refractivity contribution in [2.45, 2.75) is 0 Å². The number of aromatic nitrogens is 1. The Balaban J connectivity index is 2.40. The van der Waals surface area contributed by atoms with Crippen molar-refractivity contribution in [3.63, 3.8) is 0 Å². The maximum atomic E-state index is 13.7. The van der Waals surface area contributed by atoms with Crippen LogP contribution >= 0.6 is 15.9 Å². The molecule has 0 amide bonds. The first-order chi connectivity index (χ1) is 8.08. The first kappa shape index (κ1) is 12.0. The van der Waals surface area contributed by atoms with Gasteiger partial charge in [0.2, 0.25) is 0 Å². The van der Waals surface area contributed by atoms with Gasteiger partial charge in [-0.1, -0.05) is 12.1 Å². The molecule has 2 rings (SSSR count). The smallest absolute Gasteiger partial charge is 0.150 e. The van der Waals surface area contributed by atoms with Crippen molar-refractivity contribution in [1.82, 2.24) is 4.98 Å². The second-order valence-corrected chi connectivity index (χ2v) is 4.84. The van der Waals surface area contributed by atoms with Gasteiger partial charge < -0.3 is 4.90 Å². The molecule has 0 saturated carbocycles. The Hall–Kier alpha value is -1.42. The summed E-state index contributed by atoms with van der Waals surface area (Å²) in [5, 5.41) is 0. The molecule has 0 N–H and O–H groups in total. The molecule has 0 aliphatic carbocycles. The van der Waals surface area contributed by atoms with Crippen LogP contribution in [0.15, 0.2) is 41.0 Å². The maximum Gasteiger partial charge on any atom is 0.150 e. The summed E-state index contributed by atoms with van der Waals surface area (Å²) in [5.74, 6) is -0.322. The lowest BCUT2D eigenvalue weighted by Gasteiger charge is -2.12. The summed E-state index contributed by atoms with van der Waals surface area (Å²) in [5.41, 5.74) is 2.23. The highest BCUT2D eigenvalue weighted by molar-refractivity contribution is 9.10. The molecule has 4 heteroatoms. The van der Waals surface area contributed by atoms with Gasteiger partial charge in [-0.15, -0.1) is 0 Å². The van der Waals surface area contributed by atoms with E-state index in [1.165, 1.54) is 6.07 Å². The molecule has 0 aliphatic heterocycles. The molecule has 1 heterocycles. The third kappa shape index (κ3) is 2.64. The van der Waals surface area contributed by atoms with Crippen molar-refractivity contribution in [2.75, 3.05) is 19.0 Å². The summed E-state index contributed by atoms with van der Waals surface area (Å²) >= 11 is 3.19. The average molecular weight is 295 g/mol. The Morgan fingerprint density at radius 1 is 1.18 bits per heavy atom. The van der Waals surface area contributed by atoms with Crippen molar-refractivity contribution in [3.05, 3.63) is 46.8 Å². The third-order valence-corrected chi connectivity index (χ3v) is 2.90. The van der Waals surface area contributed by atoms with Crippen LogP contribution < -0.4 is 4.90 Å². The highest BCUT2D eigenvalue weighted by Gasteiger charge is 2.07. The number of halogens is 2. The van der Waals surface area contributed by atoms with Crippen LogP contribution in [0.3, 0.4) is 0 Å². The fourth-order valence-corrected chi connectivity index (χ4v) is 1.85. The Morgan fingerprint density at radius 3 is 2.35 bits per heavy atom. The van der Waals surface area contributed by atoms with E-state index in [0.29, 0.717) is 10.2 Å². The van der Waals surface area contributed by atoms with E-state index in [9.17, 15) is 4.39 Å². The minimum atomic E-state index is -0.322. The largest absolute Gasteiger partial charge is 0.378 e. The van der Waals surface area contributed by atoms with Crippen molar-refractivity contribution in [1.29, 1.82) is 0 Å². The zero-order valence-corrected chi connectivity index (χ0v) is 11.2. The van der Waals surface area contributed by atoms with Gasteiger partial charge in [-0.2, -0.15) is 0 Å². The Bertz CT molecular complexity index is 523. The predicted molar refractivity (Wildman–Crippen MR) is 71.7 cm³/mol. The van der Waals surface area contributed by atoms with Crippen LogP contribution in [0.5, 0.6) is 0 Å². The van der Waals surface area contributed by atoms with E-state index in [1.54, 1.807) is 6.20 Å². The van der Waals surface area contributed by atoms with Crippen molar-refractivity contribution >= 4 is 21.6 Å². The number of hydrogen-bond acceptors (Lipinski definition) is 2.